The lowest BCUT2D eigenvalue weighted by molar-refractivity contribution is 0.0989. The third kappa shape index (κ3) is 3.83. The molecule has 1 amide bonds. The summed E-state index contributed by atoms with van der Waals surface area (Å²) >= 11 is 3.28. The van der Waals surface area contributed by atoms with Crippen molar-refractivity contribution in [2.75, 3.05) is 6.54 Å². The maximum atomic E-state index is 14.4. The molecule has 0 aliphatic carbocycles. The number of ether oxygens (including phenoxy) is 1. The molecule has 1 heterocycles. The summed E-state index contributed by atoms with van der Waals surface area (Å²) in [7, 11) is 0. The van der Waals surface area contributed by atoms with Crippen LogP contribution in [0.25, 0.3) is 11.3 Å². The lowest BCUT2D eigenvalue weighted by atomic mass is 10.1. The van der Waals surface area contributed by atoms with E-state index in [1.165, 1.54) is 0 Å². The molecule has 0 aliphatic rings. The van der Waals surface area contributed by atoms with Crippen LogP contribution < -0.4 is 16.2 Å². The molecule has 0 radical (unpaired) electrons. The predicted octanol–water partition coefficient (Wildman–Crippen LogP) is 3.56. The number of oxazole rings is 1. The Kier molecular flexibility index (Phi) is 5.52. The normalized spacial score (nSPS) is 12.0. The van der Waals surface area contributed by atoms with Crippen molar-refractivity contribution in [2.45, 2.75) is 6.10 Å². The van der Waals surface area contributed by atoms with Crippen molar-refractivity contribution >= 4 is 21.8 Å². The first kappa shape index (κ1) is 19.0. The van der Waals surface area contributed by atoms with Gasteiger partial charge in [0.15, 0.2) is 22.3 Å². The highest BCUT2D eigenvalue weighted by Gasteiger charge is 2.25. The Bertz CT molecular complexity index is 979. The smallest absolute Gasteiger partial charge is 0.254 e. The minimum atomic E-state index is -1.25. The van der Waals surface area contributed by atoms with Crippen LogP contribution in [0.1, 0.15) is 22.4 Å². The second kappa shape index (κ2) is 7.85. The summed E-state index contributed by atoms with van der Waals surface area (Å²) in [5, 5.41) is 0. The number of aromatic nitrogens is 1. The SMILES string of the molecule is NCC(Oc1ccc(F)c(C(N)=O)c1F)c1nc(-c2ccccc2)c(Br)o1. The fraction of sp³-hybridized carbons (Fsp3) is 0.111. The number of hydrogen-bond donors (Lipinski definition) is 2. The molecule has 0 aliphatic heterocycles. The van der Waals surface area contributed by atoms with Crippen molar-refractivity contribution in [3.05, 3.63) is 70.2 Å². The van der Waals surface area contributed by atoms with E-state index in [-0.39, 0.29) is 12.4 Å². The van der Waals surface area contributed by atoms with Gasteiger partial charge in [-0.15, -0.1) is 0 Å². The molecular weight excluding hydrogens is 424 g/mol. The van der Waals surface area contributed by atoms with Gasteiger partial charge in [0.05, 0.1) is 0 Å². The Morgan fingerprint density at radius 2 is 1.93 bits per heavy atom. The maximum absolute atomic E-state index is 14.4. The molecule has 3 rings (SSSR count). The summed E-state index contributed by atoms with van der Waals surface area (Å²) < 4.78 is 39.4. The maximum Gasteiger partial charge on any atom is 0.254 e. The zero-order chi connectivity index (χ0) is 19.6. The minimum absolute atomic E-state index is 0.0904. The first-order valence-corrected chi connectivity index (χ1v) is 8.57. The topological polar surface area (TPSA) is 104 Å². The predicted molar refractivity (Wildman–Crippen MR) is 96.9 cm³/mol. The van der Waals surface area contributed by atoms with Gasteiger partial charge < -0.3 is 20.6 Å². The van der Waals surface area contributed by atoms with Crippen LogP contribution in [-0.2, 0) is 0 Å². The molecule has 0 bridgehead atoms. The average Bonchev–Trinajstić information content (AvgIpc) is 3.03. The number of nitrogens with two attached hydrogens (primary N) is 2. The van der Waals surface area contributed by atoms with Crippen molar-refractivity contribution in [1.82, 2.24) is 4.98 Å². The highest BCUT2D eigenvalue weighted by molar-refractivity contribution is 9.10. The number of benzene rings is 2. The first-order valence-electron chi connectivity index (χ1n) is 7.78. The van der Waals surface area contributed by atoms with Crippen molar-refractivity contribution in [3.63, 3.8) is 0 Å². The second-order valence-corrected chi connectivity index (χ2v) is 6.20. The van der Waals surface area contributed by atoms with E-state index in [0.29, 0.717) is 10.4 Å². The summed E-state index contributed by atoms with van der Waals surface area (Å²) in [4.78, 5) is 15.6. The van der Waals surface area contributed by atoms with Crippen molar-refractivity contribution in [2.24, 2.45) is 11.5 Å². The first-order chi connectivity index (χ1) is 12.9. The Balaban J connectivity index is 1.94. The number of nitrogens with zero attached hydrogens (tertiary/aromatic N) is 1. The minimum Gasteiger partial charge on any atom is -0.476 e. The van der Waals surface area contributed by atoms with E-state index in [0.717, 1.165) is 17.7 Å². The molecule has 0 saturated heterocycles. The third-order valence-electron chi connectivity index (χ3n) is 3.71. The standard InChI is InChI=1S/C18H14BrF2N3O3/c19-16-15(9-4-2-1-3-5-9)24-18(27-16)12(8-22)26-11-7-6-10(20)13(14(11)21)17(23)25/h1-7,12H,8,22H2,(H2,23,25). The van der Waals surface area contributed by atoms with Crippen LogP contribution in [0.2, 0.25) is 0 Å². The van der Waals surface area contributed by atoms with Crippen LogP contribution in [0.5, 0.6) is 5.75 Å². The van der Waals surface area contributed by atoms with Crippen LogP contribution in [0.4, 0.5) is 8.78 Å². The largest absolute Gasteiger partial charge is 0.476 e. The zero-order valence-electron chi connectivity index (χ0n) is 13.8. The van der Waals surface area contributed by atoms with Crippen molar-refractivity contribution in [1.29, 1.82) is 0 Å². The number of carbonyl (C=O) groups excluding carboxylic acids is 1. The fourth-order valence-electron chi connectivity index (χ4n) is 2.43. The van der Waals surface area contributed by atoms with Gasteiger partial charge >= 0.3 is 0 Å². The Labute approximate surface area is 161 Å². The highest BCUT2D eigenvalue weighted by atomic mass is 79.9. The van der Waals surface area contributed by atoms with Crippen LogP contribution in [-0.4, -0.2) is 17.4 Å². The molecule has 1 atom stereocenters. The van der Waals surface area contributed by atoms with Gasteiger partial charge in [0.25, 0.3) is 5.91 Å². The molecule has 27 heavy (non-hydrogen) atoms. The van der Waals surface area contributed by atoms with Crippen LogP contribution in [0.15, 0.2) is 51.6 Å². The van der Waals surface area contributed by atoms with E-state index in [1.54, 1.807) is 0 Å². The second-order valence-electron chi connectivity index (χ2n) is 5.48. The molecule has 1 unspecified atom stereocenters. The van der Waals surface area contributed by atoms with Crippen LogP contribution in [0.3, 0.4) is 0 Å². The highest BCUT2D eigenvalue weighted by Crippen LogP contribution is 2.33. The molecule has 0 spiro atoms. The number of hydrogen-bond acceptors (Lipinski definition) is 5. The molecule has 1 aromatic heterocycles. The van der Waals surface area contributed by atoms with Crippen LogP contribution >= 0.6 is 15.9 Å². The number of amides is 1. The number of primary amides is 1. The lowest BCUT2D eigenvalue weighted by Gasteiger charge is -2.15. The summed E-state index contributed by atoms with van der Waals surface area (Å²) in [6, 6.07) is 11.1. The van der Waals surface area contributed by atoms with Gasteiger partial charge in [0.1, 0.15) is 17.1 Å². The molecule has 140 valence electrons. The van der Waals surface area contributed by atoms with E-state index in [1.807, 2.05) is 30.3 Å². The van der Waals surface area contributed by atoms with E-state index in [9.17, 15) is 13.6 Å². The lowest BCUT2D eigenvalue weighted by Crippen LogP contribution is -2.21. The van der Waals surface area contributed by atoms with E-state index in [2.05, 4.69) is 20.9 Å². The molecule has 2 aromatic carbocycles. The molecule has 0 fully saturated rings. The van der Waals surface area contributed by atoms with Gasteiger partial charge in [-0.05, 0) is 28.1 Å². The van der Waals surface area contributed by atoms with Gasteiger partial charge in [-0.25, -0.2) is 13.8 Å². The molecule has 4 N–H and O–H groups in total. The summed E-state index contributed by atoms with van der Waals surface area (Å²) in [5.74, 6) is -3.84. The van der Waals surface area contributed by atoms with E-state index >= 15 is 0 Å². The Morgan fingerprint density at radius 3 is 2.56 bits per heavy atom. The van der Waals surface area contributed by atoms with Gasteiger partial charge in [0.2, 0.25) is 5.89 Å². The quantitative estimate of drug-likeness (QED) is 0.613. The Morgan fingerprint density at radius 1 is 1.22 bits per heavy atom. The number of carbonyl (C=O) groups is 1. The van der Waals surface area contributed by atoms with Crippen LogP contribution in [0, 0.1) is 11.6 Å². The number of halogens is 3. The molecule has 0 saturated carbocycles. The number of rotatable bonds is 6. The van der Waals surface area contributed by atoms with Gasteiger partial charge in [0, 0.05) is 12.1 Å². The van der Waals surface area contributed by atoms with Crippen molar-refractivity contribution < 1.29 is 22.7 Å². The molecule has 6 nitrogen and oxygen atoms in total. The van der Waals surface area contributed by atoms with Gasteiger partial charge in [-0.1, -0.05) is 30.3 Å². The monoisotopic (exact) mass is 437 g/mol. The molecular formula is C18H14BrF2N3O3. The van der Waals surface area contributed by atoms with Crippen molar-refractivity contribution in [3.8, 4) is 17.0 Å². The van der Waals surface area contributed by atoms with E-state index in [4.69, 9.17) is 20.6 Å². The van der Waals surface area contributed by atoms with Gasteiger partial charge in [-0.2, -0.15) is 0 Å². The zero-order valence-corrected chi connectivity index (χ0v) is 15.4. The Hall–Kier alpha value is -2.78. The third-order valence-corrected chi connectivity index (χ3v) is 4.25. The molecule has 9 heteroatoms. The van der Waals surface area contributed by atoms with E-state index < -0.39 is 35.0 Å². The van der Waals surface area contributed by atoms with Gasteiger partial charge in [-0.3, -0.25) is 4.79 Å². The summed E-state index contributed by atoms with van der Waals surface area (Å²) in [5.41, 5.74) is 11.1. The average molecular weight is 438 g/mol. The molecule has 3 aromatic rings. The fourth-order valence-corrected chi connectivity index (χ4v) is 2.92. The summed E-state index contributed by atoms with van der Waals surface area (Å²) in [6.07, 6.45) is -0.973. The summed E-state index contributed by atoms with van der Waals surface area (Å²) in [6.45, 7) is -0.107.